The van der Waals surface area contributed by atoms with Gasteiger partial charge in [0, 0.05) is 44.8 Å². The first kappa shape index (κ1) is 37.3. The van der Waals surface area contributed by atoms with Gasteiger partial charge in [0.1, 0.15) is 29.8 Å². The second kappa shape index (κ2) is 17.3. The van der Waals surface area contributed by atoms with E-state index in [2.05, 4.69) is 11.5 Å². The van der Waals surface area contributed by atoms with Crippen LogP contribution in [-0.4, -0.2) is 75.3 Å². The molecule has 0 aliphatic carbocycles. The molecular formula is C42H48FN3O5. The summed E-state index contributed by atoms with van der Waals surface area (Å²) in [6.45, 7) is 10.8. The number of rotatable bonds is 14. The van der Waals surface area contributed by atoms with Crippen LogP contribution < -0.4 is 4.74 Å². The van der Waals surface area contributed by atoms with E-state index in [4.69, 9.17) is 9.47 Å². The third-order valence-corrected chi connectivity index (χ3v) is 8.74. The van der Waals surface area contributed by atoms with Gasteiger partial charge in [-0.25, -0.2) is 9.18 Å². The van der Waals surface area contributed by atoms with Crippen molar-refractivity contribution in [1.29, 1.82) is 0 Å². The fourth-order valence-corrected chi connectivity index (χ4v) is 6.44. The second-order valence-corrected chi connectivity index (χ2v) is 13.9. The zero-order chi connectivity index (χ0) is 36.4. The van der Waals surface area contributed by atoms with Crippen LogP contribution in [0.4, 0.5) is 9.18 Å². The average Bonchev–Trinajstić information content (AvgIpc) is 3.10. The van der Waals surface area contributed by atoms with E-state index >= 15 is 4.39 Å². The van der Waals surface area contributed by atoms with Gasteiger partial charge in [0.05, 0.1) is 6.10 Å². The van der Waals surface area contributed by atoms with Gasteiger partial charge in [0.2, 0.25) is 5.91 Å². The summed E-state index contributed by atoms with van der Waals surface area (Å²) in [5.74, 6) is -0.549. The molecular weight excluding hydrogens is 645 g/mol. The number of hydrogen-bond acceptors (Lipinski definition) is 6. The largest absolute Gasteiger partial charge is 0.489 e. The predicted octanol–water partition coefficient (Wildman–Crippen LogP) is 7.01. The van der Waals surface area contributed by atoms with Crippen LogP contribution in [0.1, 0.15) is 43.0 Å². The molecule has 2 amide bonds. The number of hydrogen-bond donors (Lipinski definition) is 1. The standard InChI is InChI=1S/C42H48FN3O5/c1-5-23-50-36-25-34(24-35(43)27-36)26-37(45(29-32-17-11-7-12-18-32)30-33-19-13-8-14-20-33)39(47)38-40(48)44(28-31-15-9-6-10-16-31)21-22-46(38)41(49)51-42(2,3)4/h5-20,24-25,27,37-39,47H,1,21-23,26,28-30H2,2-4H3/t37-,38+,39+/m1/s1. The van der Waals surface area contributed by atoms with Gasteiger partial charge in [0.15, 0.2) is 0 Å². The highest BCUT2D eigenvalue weighted by atomic mass is 19.1. The summed E-state index contributed by atoms with van der Waals surface area (Å²) in [7, 11) is 0. The maximum Gasteiger partial charge on any atom is 0.411 e. The molecule has 1 fully saturated rings. The molecule has 51 heavy (non-hydrogen) atoms. The number of amides is 2. The number of benzene rings is 4. The molecule has 3 atom stereocenters. The molecule has 1 aliphatic rings. The van der Waals surface area contributed by atoms with Crippen molar-refractivity contribution >= 4 is 12.0 Å². The normalized spacial score (nSPS) is 16.1. The van der Waals surface area contributed by atoms with Gasteiger partial charge in [-0.05, 0) is 61.6 Å². The summed E-state index contributed by atoms with van der Waals surface area (Å²) in [5.41, 5.74) is 2.65. The van der Waals surface area contributed by atoms with E-state index in [9.17, 15) is 14.7 Å². The van der Waals surface area contributed by atoms with Crippen molar-refractivity contribution in [2.75, 3.05) is 19.7 Å². The van der Waals surface area contributed by atoms with E-state index in [0.717, 1.165) is 16.7 Å². The number of carbonyl (C=O) groups excluding carboxylic acids is 2. The zero-order valence-corrected chi connectivity index (χ0v) is 29.7. The molecule has 1 heterocycles. The number of aliphatic hydroxyl groups is 1. The van der Waals surface area contributed by atoms with Gasteiger partial charge < -0.3 is 19.5 Å². The molecule has 0 radical (unpaired) electrons. The number of aliphatic hydroxyl groups excluding tert-OH is 1. The van der Waals surface area contributed by atoms with Gasteiger partial charge in [-0.2, -0.15) is 0 Å². The molecule has 268 valence electrons. The lowest BCUT2D eigenvalue weighted by Crippen LogP contribution is -2.66. The minimum absolute atomic E-state index is 0.146. The minimum atomic E-state index is -1.41. The quantitative estimate of drug-likeness (QED) is 0.143. The predicted molar refractivity (Wildman–Crippen MR) is 196 cm³/mol. The van der Waals surface area contributed by atoms with E-state index in [0.29, 0.717) is 30.9 Å². The monoisotopic (exact) mass is 693 g/mol. The minimum Gasteiger partial charge on any atom is -0.489 e. The van der Waals surface area contributed by atoms with E-state index in [1.165, 1.54) is 17.0 Å². The van der Waals surface area contributed by atoms with E-state index in [1.54, 1.807) is 37.8 Å². The first-order valence-electron chi connectivity index (χ1n) is 17.4. The molecule has 8 nitrogen and oxygen atoms in total. The van der Waals surface area contributed by atoms with Gasteiger partial charge in [0.25, 0.3) is 0 Å². The first-order chi connectivity index (χ1) is 24.5. The van der Waals surface area contributed by atoms with Gasteiger partial charge in [-0.3, -0.25) is 14.6 Å². The molecule has 0 unspecified atom stereocenters. The summed E-state index contributed by atoms with van der Waals surface area (Å²) in [6.07, 6.45) is -0.355. The van der Waals surface area contributed by atoms with Crippen molar-refractivity contribution in [3.63, 3.8) is 0 Å². The van der Waals surface area contributed by atoms with Crippen LogP contribution in [0.25, 0.3) is 0 Å². The zero-order valence-electron chi connectivity index (χ0n) is 29.7. The highest BCUT2D eigenvalue weighted by Gasteiger charge is 2.47. The van der Waals surface area contributed by atoms with Gasteiger partial charge in [-0.1, -0.05) is 104 Å². The van der Waals surface area contributed by atoms with Gasteiger partial charge >= 0.3 is 6.09 Å². The van der Waals surface area contributed by atoms with Gasteiger partial charge in [-0.15, -0.1) is 0 Å². The number of carbonyl (C=O) groups is 2. The molecule has 0 bridgehead atoms. The Kier molecular flexibility index (Phi) is 12.6. The number of nitrogens with zero attached hydrogens (tertiary/aromatic N) is 3. The van der Waals surface area contributed by atoms with Crippen LogP contribution in [0, 0.1) is 5.82 Å². The van der Waals surface area contributed by atoms with E-state index < -0.39 is 35.7 Å². The molecule has 4 aromatic rings. The third kappa shape index (κ3) is 10.5. The summed E-state index contributed by atoms with van der Waals surface area (Å²) in [5, 5.41) is 12.7. The first-order valence-corrected chi connectivity index (χ1v) is 17.4. The lowest BCUT2D eigenvalue weighted by atomic mass is 9.91. The van der Waals surface area contributed by atoms with Crippen LogP contribution in [-0.2, 0) is 35.6 Å². The van der Waals surface area contributed by atoms with Crippen molar-refractivity contribution in [1.82, 2.24) is 14.7 Å². The lowest BCUT2D eigenvalue weighted by molar-refractivity contribution is -0.150. The second-order valence-electron chi connectivity index (χ2n) is 13.9. The summed E-state index contributed by atoms with van der Waals surface area (Å²) in [4.78, 5) is 33.5. The molecule has 1 N–H and O–H groups in total. The Morgan fingerprint density at radius 3 is 2.02 bits per heavy atom. The Bertz CT molecular complexity index is 1690. The van der Waals surface area contributed by atoms with Crippen LogP contribution in [0.3, 0.4) is 0 Å². The molecule has 4 aromatic carbocycles. The summed E-state index contributed by atoms with van der Waals surface area (Å²) >= 11 is 0. The smallest absolute Gasteiger partial charge is 0.411 e. The van der Waals surface area contributed by atoms with E-state index in [-0.39, 0.29) is 32.0 Å². The highest BCUT2D eigenvalue weighted by molar-refractivity contribution is 5.87. The Labute approximate surface area is 300 Å². The maximum absolute atomic E-state index is 15.1. The molecule has 5 rings (SSSR count). The molecule has 0 spiro atoms. The topological polar surface area (TPSA) is 82.6 Å². The molecule has 0 saturated carbocycles. The van der Waals surface area contributed by atoms with Crippen molar-refractivity contribution in [2.24, 2.45) is 0 Å². The molecule has 1 saturated heterocycles. The Balaban J connectivity index is 1.60. The maximum atomic E-state index is 15.1. The summed E-state index contributed by atoms with van der Waals surface area (Å²) < 4.78 is 26.6. The fraction of sp³-hybridized carbons (Fsp3) is 0.333. The van der Waals surface area contributed by atoms with Crippen molar-refractivity contribution in [2.45, 2.75) is 70.6 Å². The lowest BCUT2D eigenvalue weighted by Gasteiger charge is -2.46. The Hall–Kier alpha value is -4.99. The van der Waals surface area contributed by atoms with Crippen LogP contribution in [0.15, 0.2) is 122 Å². The number of piperazine rings is 1. The Morgan fingerprint density at radius 2 is 1.47 bits per heavy atom. The molecule has 1 aliphatic heterocycles. The van der Waals surface area contributed by atoms with Crippen LogP contribution in [0.2, 0.25) is 0 Å². The number of halogens is 1. The molecule has 0 aromatic heterocycles. The van der Waals surface area contributed by atoms with Crippen LogP contribution in [0.5, 0.6) is 5.75 Å². The summed E-state index contributed by atoms with van der Waals surface area (Å²) in [6, 6.07) is 31.8. The van der Waals surface area contributed by atoms with Crippen molar-refractivity contribution in [3.05, 3.63) is 150 Å². The van der Waals surface area contributed by atoms with Crippen molar-refractivity contribution < 1.29 is 28.6 Å². The fourth-order valence-electron chi connectivity index (χ4n) is 6.44. The van der Waals surface area contributed by atoms with Crippen LogP contribution >= 0.6 is 0 Å². The SMILES string of the molecule is C=CCOc1cc(F)cc(C[C@H]([C@H](O)[C@H]2C(=O)N(Cc3ccccc3)CCN2C(=O)OC(C)(C)C)N(Cc2ccccc2)Cc2ccccc2)c1. The highest BCUT2D eigenvalue weighted by Crippen LogP contribution is 2.29. The third-order valence-electron chi connectivity index (χ3n) is 8.74. The number of ether oxygens (including phenoxy) is 2. The average molecular weight is 694 g/mol. The van der Waals surface area contributed by atoms with Crippen molar-refractivity contribution in [3.8, 4) is 5.75 Å². The Morgan fingerprint density at radius 1 is 0.902 bits per heavy atom. The van der Waals surface area contributed by atoms with E-state index in [1.807, 2.05) is 91.0 Å². The molecule has 9 heteroatoms.